The molecular weight excluding hydrogens is 370 g/mol. The smallest absolute Gasteiger partial charge is 0.0765 e. The Labute approximate surface area is 141 Å². The van der Waals surface area contributed by atoms with Gasteiger partial charge < -0.3 is 5.32 Å². The number of thiophene rings is 2. The molecule has 20 heavy (non-hydrogen) atoms. The van der Waals surface area contributed by atoms with Crippen molar-refractivity contribution in [1.29, 1.82) is 0 Å². The van der Waals surface area contributed by atoms with Crippen molar-refractivity contribution in [3.05, 3.63) is 41.7 Å². The molecule has 0 fully saturated rings. The van der Waals surface area contributed by atoms with Crippen LogP contribution >= 0.6 is 50.4 Å². The van der Waals surface area contributed by atoms with Crippen molar-refractivity contribution in [2.75, 3.05) is 12.3 Å². The molecule has 0 radical (unpaired) electrons. The molecule has 3 rings (SSSR count). The van der Waals surface area contributed by atoms with E-state index in [2.05, 4.69) is 59.0 Å². The van der Waals surface area contributed by atoms with E-state index in [0.717, 1.165) is 6.54 Å². The van der Waals surface area contributed by atoms with E-state index in [4.69, 9.17) is 0 Å². The van der Waals surface area contributed by atoms with Gasteiger partial charge in [0.1, 0.15) is 0 Å². The van der Waals surface area contributed by atoms with E-state index >= 15 is 0 Å². The van der Waals surface area contributed by atoms with Gasteiger partial charge in [0.15, 0.2) is 0 Å². The molecule has 5 heteroatoms. The van der Waals surface area contributed by atoms with Crippen molar-refractivity contribution in [3.8, 4) is 0 Å². The summed E-state index contributed by atoms with van der Waals surface area (Å²) >= 11 is 9.61. The number of fused-ring (bicyclic) bond motifs is 1. The van der Waals surface area contributed by atoms with Gasteiger partial charge in [0.05, 0.1) is 6.04 Å². The lowest BCUT2D eigenvalue weighted by Crippen LogP contribution is -2.20. The molecule has 1 nitrogen and oxygen atoms in total. The molecule has 0 amide bonds. The maximum atomic E-state index is 3.66. The Bertz CT molecular complexity index is 559. The minimum absolute atomic E-state index is 0.357. The molecule has 0 saturated carbocycles. The third-order valence-corrected chi connectivity index (χ3v) is 8.01. The van der Waals surface area contributed by atoms with Gasteiger partial charge in [-0.25, -0.2) is 0 Å². The van der Waals surface area contributed by atoms with Gasteiger partial charge in [0.2, 0.25) is 0 Å². The molecule has 1 unspecified atom stereocenters. The Balaban J connectivity index is 1.95. The van der Waals surface area contributed by atoms with E-state index in [0.29, 0.717) is 6.04 Å². The van der Waals surface area contributed by atoms with Gasteiger partial charge in [0.25, 0.3) is 0 Å². The lowest BCUT2D eigenvalue weighted by Gasteiger charge is -2.14. The van der Waals surface area contributed by atoms with Gasteiger partial charge in [-0.2, -0.15) is 11.8 Å². The topological polar surface area (TPSA) is 12.0 Å². The highest BCUT2D eigenvalue weighted by Crippen LogP contribution is 2.39. The molecule has 0 aromatic carbocycles. The van der Waals surface area contributed by atoms with Crippen LogP contribution in [0.25, 0.3) is 0 Å². The second kappa shape index (κ2) is 6.53. The normalized spacial score (nSPS) is 16.1. The van der Waals surface area contributed by atoms with Crippen molar-refractivity contribution in [3.63, 3.8) is 0 Å². The van der Waals surface area contributed by atoms with Crippen molar-refractivity contribution < 1.29 is 0 Å². The van der Waals surface area contributed by atoms with Crippen LogP contribution in [0.3, 0.4) is 0 Å². The Morgan fingerprint density at radius 1 is 1.30 bits per heavy atom. The highest BCUT2D eigenvalue weighted by molar-refractivity contribution is 9.10. The van der Waals surface area contributed by atoms with E-state index in [-0.39, 0.29) is 0 Å². The van der Waals surface area contributed by atoms with Crippen molar-refractivity contribution in [1.82, 2.24) is 5.32 Å². The summed E-state index contributed by atoms with van der Waals surface area (Å²) in [6.45, 7) is 5.36. The Hall–Kier alpha value is 0.190. The SMILES string of the molecule is CCNC(c1cc(Br)c(C)s1)c1cc2c(s1)CCSC2. The first kappa shape index (κ1) is 15.1. The fourth-order valence-corrected chi connectivity index (χ4v) is 6.68. The molecule has 108 valence electrons. The fraction of sp³-hybridized carbons (Fsp3) is 0.467. The Morgan fingerprint density at radius 3 is 2.75 bits per heavy atom. The molecule has 1 atom stereocenters. The van der Waals surface area contributed by atoms with Crippen LogP contribution in [0.5, 0.6) is 0 Å². The van der Waals surface area contributed by atoms with E-state index in [1.165, 1.54) is 37.0 Å². The Kier molecular flexibility index (Phi) is 4.93. The molecule has 2 aromatic rings. The van der Waals surface area contributed by atoms with E-state index in [9.17, 15) is 0 Å². The van der Waals surface area contributed by atoms with Crippen molar-refractivity contribution >= 4 is 50.4 Å². The Morgan fingerprint density at radius 2 is 2.10 bits per heavy atom. The molecular formula is C15H18BrNS3. The standard InChI is InChI=1S/C15H18BrNS3/c1-3-17-15(14-7-11(16)9(2)19-14)13-6-10-8-18-5-4-12(10)20-13/h6-7,15,17H,3-5,8H2,1-2H3. The van der Waals surface area contributed by atoms with Crippen LogP contribution in [0.4, 0.5) is 0 Å². The highest BCUT2D eigenvalue weighted by Gasteiger charge is 2.22. The van der Waals surface area contributed by atoms with Crippen molar-refractivity contribution in [2.24, 2.45) is 0 Å². The number of hydrogen-bond donors (Lipinski definition) is 1. The molecule has 0 bridgehead atoms. The second-order valence-electron chi connectivity index (χ2n) is 4.94. The first-order valence-electron chi connectivity index (χ1n) is 6.87. The van der Waals surface area contributed by atoms with E-state index < -0.39 is 0 Å². The summed E-state index contributed by atoms with van der Waals surface area (Å²) in [5, 5.41) is 3.66. The zero-order valence-electron chi connectivity index (χ0n) is 11.7. The molecule has 0 saturated heterocycles. The number of rotatable bonds is 4. The summed E-state index contributed by atoms with van der Waals surface area (Å²) in [6, 6.07) is 5.07. The third kappa shape index (κ3) is 3.02. The lowest BCUT2D eigenvalue weighted by molar-refractivity contribution is 0.648. The van der Waals surface area contributed by atoms with Crippen molar-refractivity contribution in [2.45, 2.75) is 32.1 Å². The minimum Gasteiger partial charge on any atom is -0.305 e. The number of nitrogens with one attached hydrogen (secondary N) is 1. The maximum Gasteiger partial charge on any atom is 0.0765 e. The summed E-state index contributed by atoms with van der Waals surface area (Å²) in [5.41, 5.74) is 1.57. The number of aryl methyl sites for hydroxylation is 2. The highest BCUT2D eigenvalue weighted by atomic mass is 79.9. The number of halogens is 1. The molecule has 1 N–H and O–H groups in total. The average molecular weight is 388 g/mol. The van der Waals surface area contributed by atoms with Crippen LogP contribution in [0.15, 0.2) is 16.6 Å². The zero-order valence-corrected chi connectivity index (χ0v) is 15.7. The van der Waals surface area contributed by atoms with Gasteiger partial charge in [-0.3, -0.25) is 0 Å². The first-order valence-corrected chi connectivity index (χ1v) is 10.5. The number of hydrogen-bond acceptors (Lipinski definition) is 4. The van der Waals surface area contributed by atoms with Gasteiger partial charge in [-0.05, 0) is 59.3 Å². The predicted molar refractivity (Wildman–Crippen MR) is 96.5 cm³/mol. The molecule has 0 aliphatic carbocycles. The summed E-state index contributed by atoms with van der Waals surface area (Å²) in [6.07, 6.45) is 1.25. The summed E-state index contributed by atoms with van der Waals surface area (Å²) in [5.74, 6) is 2.47. The molecule has 2 aromatic heterocycles. The van der Waals surface area contributed by atoms with E-state index in [1.54, 1.807) is 10.4 Å². The van der Waals surface area contributed by atoms with Crippen LogP contribution in [-0.2, 0) is 12.2 Å². The van der Waals surface area contributed by atoms with Crippen LogP contribution in [0.2, 0.25) is 0 Å². The predicted octanol–water partition coefficient (Wildman–Crippen LogP) is 5.37. The van der Waals surface area contributed by atoms with Crippen LogP contribution in [-0.4, -0.2) is 12.3 Å². The quantitative estimate of drug-likeness (QED) is 0.756. The minimum atomic E-state index is 0.357. The number of thioether (sulfide) groups is 1. The third-order valence-electron chi connectivity index (χ3n) is 3.50. The van der Waals surface area contributed by atoms with Gasteiger partial charge >= 0.3 is 0 Å². The summed E-state index contributed by atoms with van der Waals surface area (Å²) in [4.78, 5) is 5.87. The van der Waals surface area contributed by atoms with Crippen LogP contribution < -0.4 is 5.32 Å². The second-order valence-corrected chi connectivity index (χ2v) is 9.36. The molecule has 1 aliphatic rings. The van der Waals surface area contributed by atoms with Gasteiger partial charge in [-0.1, -0.05) is 6.92 Å². The van der Waals surface area contributed by atoms with Crippen LogP contribution in [0, 0.1) is 6.92 Å². The largest absolute Gasteiger partial charge is 0.305 e. The first-order chi connectivity index (χ1) is 9.69. The van der Waals surface area contributed by atoms with Gasteiger partial charge in [0, 0.05) is 29.7 Å². The van der Waals surface area contributed by atoms with E-state index in [1.807, 2.05) is 22.7 Å². The molecule has 3 heterocycles. The molecule has 1 aliphatic heterocycles. The van der Waals surface area contributed by atoms with Gasteiger partial charge in [-0.15, -0.1) is 22.7 Å². The maximum absolute atomic E-state index is 3.66. The fourth-order valence-electron chi connectivity index (χ4n) is 2.48. The lowest BCUT2D eigenvalue weighted by atomic mass is 10.1. The average Bonchev–Trinajstić information content (AvgIpc) is 3.00. The monoisotopic (exact) mass is 387 g/mol. The molecule has 0 spiro atoms. The summed E-state index contributed by atoms with van der Waals surface area (Å²) in [7, 11) is 0. The zero-order chi connectivity index (χ0) is 14.1. The summed E-state index contributed by atoms with van der Waals surface area (Å²) < 4.78 is 1.23. The van der Waals surface area contributed by atoms with Crippen LogP contribution in [0.1, 0.15) is 38.0 Å².